The van der Waals surface area contributed by atoms with E-state index in [9.17, 15) is 4.79 Å². The van der Waals surface area contributed by atoms with Gasteiger partial charge in [-0.2, -0.15) is 0 Å². The number of carbonyl (C=O) groups is 1. The topological polar surface area (TPSA) is 40.5 Å². The van der Waals surface area contributed by atoms with Crippen molar-refractivity contribution < 1.29 is 9.90 Å². The molecule has 3 heteroatoms. The Labute approximate surface area is 135 Å². The van der Waals surface area contributed by atoms with E-state index in [1.165, 1.54) is 37.8 Å². The van der Waals surface area contributed by atoms with Crippen molar-refractivity contribution in [2.24, 2.45) is 0 Å². The molecule has 1 fully saturated rings. The van der Waals surface area contributed by atoms with Crippen LogP contribution in [0.25, 0.3) is 0 Å². The summed E-state index contributed by atoms with van der Waals surface area (Å²) in [5.41, 5.74) is 2.01. The van der Waals surface area contributed by atoms with Crippen LogP contribution in [-0.4, -0.2) is 35.1 Å². The molecule has 0 spiro atoms. The van der Waals surface area contributed by atoms with Gasteiger partial charge in [-0.3, -0.25) is 0 Å². The van der Waals surface area contributed by atoms with Gasteiger partial charge in [-0.25, -0.2) is 4.79 Å². The van der Waals surface area contributed by atoms with Gasteiger partial charge < -0.3 is 10.0 Å². The minimum atomic E-state index is -0.847. The fraction of sp³-hybridized carbons (Fsp3) is 0.632. The van der Waals surface area contributed by atoms with Crippen molar-refractivity contribution in [3.63, 3.8) is 0 Å². The molecule has 1 aliphatic rings. The van der Waals surface area contributed by atoms with Gasteiger partial charge in [0.25, 0.3) is 0 Å². The van der Waals surface area contributed by atoms with Gasteiger partial charge in [0.1, 0.15) is 0 Å². The summed E-state index contributed by atoms with van der Waals surface area (Å²) >= 11 is 0. The van der Waals surface area contributed by atoms with E-state index >= 15 is 0 Å². The SMILES string of the molecule is CCCN(C)C(C)(C)C.O=C(O)c1ccc(C2CCC2)cc1. The Morgan fingerprint density at radius 2 is 1.77 bits per heavy atom. The average Bonchev–Trinajstić information content (AvgIpc) is 2.37. The Bertz CT molecular complexity index is 455. The third-order valence-electron chi connectivity index (χ3n) is 4.44. The number of hydrogen-bond donors (Lipinski definition) is 1. The zero-order chi connectivity index (χ0) is 16.8. The van der Waals surface area contributed by atoms with Gasteiger partial charge in [-0.1, -0.05) is 25.5 Å². The number of carboxylic acids is 1. The van der Waals surface area contributed by atoms with Crippen molar-refractivity contribution in [2.75, 3.05) is 13.6 Å². The first-order valence-electron chi connectivity index (χ1n) is 8.30. The van der Waals surface area contributed by atoms with Crippen LogP contribution in [-0.2, 0) is 0 Å². The summed E-state index contributed by atoms with van der Waals surface area (Å²) in [6.07, 6.45) is 5.07. The predicted molar refractivity (Wildman–Crippen MR) is 92.7 cm³/mol. The lowest BCUT2D eigenvalue weighted by Gasteiger charge is -2.31. The zero-order valence-electron chi connectivity index (χ0n) is 14.7. The van der Waals surface area contributed by atoms with E-state index in [1.54, 1.807) is 12.1 Å². The van der Waals surface area contributed by atoms with Gasteiger partial charge in [0, 0.05) is 5.54 Å². The van der Waals surface area contributed by atoms with E-state index in [0.717, 1.165) is 0 Å². The molecule has 1 saturated carbocycles. The van der Waals surface area contributed by atoms with Crippen molar-refractivity contribution >= 4 is 5.97 Å². The zero-order valence-corrected chi connectivity index (χ0v) is 14.7. The lowest BCUT2D eigenvalue weighted by Crippen LogP contribution is -2.38. The van der Waals surface area contributed by atoms with Crippen LogP contribution >= 0.6 is 0 Å². The van der Waals surface area contributed by atoms with Crippen LogP contribution < -0.4 is 0 Å². The summed E-state index contributed by atoms with van der Waals surface area (Å²) in [7, 11) is 2.17. The third-order valence-corrected chi connectivity index (χ3v) is 4.44. The van der Waals surface area contributed by atoms with Gasteiger partial charge in [0.15, 0.2) is 0 Å². The molecule has 0 aromatic heterocycles. The van der Waals surface area contributed by atoms with Gasteiger partial charge >= 0.3 is 5.97 Å². The molecule has 0 saturated heterocycles. The number of benzene rings is 1. The number of rotatable bonds is 4. The van der Waals surface area contributed by atoms with E-state index < -0.39 is 5.97 Å². The molecule has 0 bridgehead atoms. The van der Waals surface area contributed by atoms with Gasteiger partial charge in [-0.15, -0.1) is 0 Å². The molecule has 1 N–H and O–H groups in total. The standard InChI is InChI=1S/C11H12O2.C8H19N/c12-11(13)10-6-4-9(5-7-10)8-2-1-3-8;1-6-7-9(5)8(2,3)4/h4-8H,1-3H2,(H,12,13);6-7H2,1-5H3. The Kier molecular flexibility index (Phi) is 7.08. The fourth-order valence-electron chi connectivity index (χ4n) is 2.31. The van der Waals surface area contributed by atoms with Crippen molar-refractivity contribution in [1.82, 2.24) is 4.90 Å². The molecule has 0 heterocycles. The first-order valence-corrected chi connectivity index (χ1v) is 8.30. The second-order valence-corrected chi connectivity index (χ2v) is 7.15. The van der Waals surface area contributed by atoms with Gasteiger partial charge in [0.05, 0.1) is 5.56 Å². The van der Waals surface area contributed by atoms with Crippen LogP contribution in [0.5, 0.6) is 0 Å². The van der Waals surface area contributed by atoms with Gasteiger partial charge in [0.2, 0.25) is 0 Å². The number of hydrogen-bond acceptors (Lipinski definition) is 2. The number of aromatic carboxylic acids is 1. The molecule has 0 radical (unpaired) electrons. The average molecular weight is 305 g/mol. The Morgan fingerprint density at radius 3 is 2.05 bits per heavy atom. The number of nitrogens with zero attached hydrogens (tertiary/aromatic N) is 1. The maximum Gasteiger partial charge on any atom is 0.335 e. The van der Waals surface area contributed by atoms with Gasteiger partial charge in [-0.05, 0) is 77.2 Å². The molecule has 3 nitrogen and oxygen atoms in total. The molecular weight excluding hydrogens is 274 g/mol. The first-order chi connectivity index (χ1) is 10.3. The molecule has 0 unspecified atom stereocenters. The molecule has 0 aliphatic heterocycles. The first kappa shape index (κ1) is 18.7. The molecule has 0 atom stereocenters. The van der Waals surface area contributed by atoms with E-state index in [2.05, 4.69) is 39.6 Å². The summed E-state index contributed by atoms with van der Waals surface area (Å²) in [5.74, 6) is -0.164. The van der Waals surface area contributed by atoms with Crippen molar-refractivity contribution in [3.8, 4) is 0 Å². The quantitative estimate of drug-likeness (QED) is 0.870. The van der Waals surface area contributed by atoms with Crippen molar-refractivity contribution in [3.05, 3.63) is 35.4 Å². The fourth-order valence-corrected chi connectivity index (χ4v) is 2.31. The molecule has 1 aliphatic carbocycles. The molecule has 1 aromatic rings. The maximum atomic E-state index is 10.6. The lowest BCUT2D eigenvalue weighted by atomic mass is 9.80. The second-order valence-electron chi connectivity index (χ2n) is 7.15. The van der Waals surface area contributed by atoms with Crippen LogP contribution in [0.3, 0.4) is 0 Å². The van der Waals surface area contributed by atoms with E-state index in [0.29, 0.717) is 17.0 Å². The Balaban J connectivity index is 0.000000239. The highest BCUT2D eigenvalue weighted by Crippen LogP contribution is 2.36. The van der Waals surface area contributed by atoms with Crippen LogP contribution in [0.2, 0.25) is 0 Å². The second kappa shape index (κ2) is 8.33. The normalized spacial score (nSPS) is 15.0. The van der Waals surface area contributed by atoms with E-state index in [1.807, 2.05) is 12.1 Å². The lowest BCUT2D eigenvalue weighted by molar-refractivity contribution is 0.0697. The van der Waals surface area contributed by atoms with Crippen molar-refractivity contribution in [1.29, 1.82) is 0 Å². The van der Waals surface area contributed by atoms with Crippen LogP contribution in [0.1, 0.15) is 75.2 Å². The monoisotopic (exact) mass is 305 g/mol. The van der Waals surface area contributed by atoms with Crippen LogP contribution in [0, 0.1) is 0 Å². The molecule has 124 valence electrons. The highest BCUT2D eigenvalue weighted by Gasteiger charge is 2.19. The van der Waals surface area contributed by atoms with E-state index in [4.69, 9.17) is 5.11 Å². The maximum absolute atomic E-state index is 10.6. The highest BCUT2D eigenvalue weighted by molar-refractivity contribution is 5.87. The van der Waals surface area contributed by atoms with Crippen LogP contribution in [0.15, 0.2) is 24.3 Å². The summed E-state index contributed by atoms with van der Waals surface area (Å²) in [6.45, 7) is 10.1. The number of carboxylic acid groups (broad SMARTS) is 1. The summed E-state index contributed by atoms with van der Waals surface area (Å²) in [6, 6.07) is 7.26. The highest BCUT2D eigenvalue weighted by atomic mass is 16.4. The molecule has 1 aromatic carbocycles. The van der Waals surface area contributed by atoms with Crippen molar-refractivity contribution in [2.45, 2.75) is 64.8 Å². The molecular formula is C19H31NO2. The predicted octanol–water partition coefficient (Wildman–Crippen LogP) is 4.78. The summed E-state index contributed by atoms with van der Waals surface area (Å²) < 4.78 is 0. The minimum absolute atomic E-state index is 0.343. The Hall–Kier alpha value is -1.35. The molecule has 0 amide bonds. The largest absolute Gasteiger partial charge is 0.478 e. The summed E-state index contributed by atoms with van der Waals surface area (Å²) in [5, 5.41) is 8.69. The smallest absolute Gasteiger partial charge is 0.335 e. The third kappa shape index (κ3) is 5.80. The molecule has 22 heavy (non-hydrogen) atoms. The summed E-state index contributed by atoms with van der Waals surface area (Å²) in [4.78, 5) is 12.9. The molecule has 2 rings (SSSR count). The Morgan fingerprint density at radius 1 is 1.23 bits per heavy atom. The van der Waals surface area contributed by atoms with E-state index in [-0.39, 0.29) is 0 Å². The minimum Gasteiger partial charge on any atom is -0.478 e. The van der Waals surface area contributed by atoms with Crippen LogP contribution in [0.4, 0.5) is 0 Å².